The van der Waals surface area contributed by atoms with E-state index in [2.05, 4.69) is 4.72 Å². The van der Waals surface area contributed by atoms with E-state index in [0.29, 0.717) is 5.56 Å². The number of benzene rings is 2. The molecule has 0 atom stereocenters. The molecule has 0 heterocycles. The number of hydrogen-bond donors (Lipinski definition) is 1. The Morgan fingerprint density at radius 3 is 2.32 bits per heavy atom. The standard InChI is InChI=1S/C17H20FNO2S/c1-13-11-15(9-10-16(13)18)22(20,21)19-12-17(2,3)14-7-5-4-6-8-14/h4-11,19H,12H2,1-3H3. The minimum Gasteiger partial charge on any atom is -0.210 e. The van der Waals surface area contributed by atoms with Gasteiger partial charge >= 0.3 is 0 Å². The fourth-order valence-corrected chi connectivity index (χ4v) is 3.43. The molecular weight excluding hydrogens is 301 g/mol. The highest BCUT2D eigenvalue weighted by Crippen LogP contribution is 2.23. The van der Waals surface area contributed by atoms with Crippen LogP contribution in [0.2, 0.25) is 0 Å². The van der Waals surface area contributed by atoms with Crippen LogP contribution in [0, 0.1) is 12.7 Å². The summed E-state index contributed by atoms with van der Waals surface area (Å²) in [5.74, 6) is -0.413. The lowest BCUT2D eigenvalue weighted by Crippen LogP contribution is -2.36. The summed E-state index contributed by atoms with van der Waals surface area (Å²) in [6.45, 7) is 5.75. The topological polar surface area (TPSA) is 46.2 Å². The summed E-state index contributed by atoms with van der Waals surface area (Å²) in [4.78, 5) is 0.0789. The first-order valence-electron chi connectivity index (χ1n) is 7.04. The van der Waals surface area contributed by atoms with E-state index < -0.39 is 15.8 Å². The molecule has 2 rings (SSSR count). The Kier molecular flexibility index (Phi) is 4.68. The van der Waals surface area contributed by atoms with Crippen molar-refractivity contribution in [3.05, 3.63) is 65.5 Å². The van der Waals surface area contributed by atoms with Crippen LogP contribution >= 0.6 is 0 Å². The van der Waals surface area contributed by atoms with Crippen LogP contribution in [0.5, 0.6) is 0 Å². The molecule has 22 heavy (non-hydrogen) atoms. The lowest BCUT2D eigenvalue weighted by Gasteiger charge is -2.25. The van der Waals surface area contributed by atoms with Gasteiger partial charge in [-0.1, -0.05) is 44.2 Å². The predicted molar refractivity (Wildman–Crippen MR) is 85.8 cm³/mol. The van der Waals surface area contributed by atoms with Crippen molar-refractivity contribution in [2.45, 2.75) is 31.1 Å². The molecule has 0 aliphatic rings. The third-order valence-corrected chi connectivity index (χ3v) is 5.10. The van der Waals surface area contributed by atoms with Gasteiger partial charge in [0.25, 0.3) is 0 Å². The zero-order valence-electron chi connectivity index (χ0n) is 12.9. The number of aryl methyl sites for hydroxylation is 1. The minimum absolute atomic E-state index is 0.0789. The van der Waals surface area contributed by atoms with Crippen LogP contribution in [-0.2, 0) is 15.4 Å². The van der Waals surface area contributed by atoms with Crippen molar-refractivity contribution in [2.75, 3.05) is 6.54 Å². The van der Waals surface area contributed by atoms with Crippen molar-refractivity contribution >= 4 is 10.0 Å². The van der Waals surface area contributed by atoms with E-state index in [1.807, 2.05) is 44.2 Å². The maximum atomic E-state index is 13.3. The molecule has 0 radical (unpaired) electrons. The van der Waals surface area contributed by atoms with Crippen molar-refractivity contribution in [2.24, 2.45) is 0 Å². The van der Waals surface area contributed by atoms with E-state index in [9.17, 15) is 12.8 Å². The van der Waals surface area contributed by atoms with Gasteiger partial charge in [0.05, 0.1) is 4.90 Å². The van der Waals surface area contributed by atoms with Gasteiger partial charge in [0.15, 0.2) is 0 Å². The monoisotopic (exact) mass is 321 g/mol. The average molecular weight is 321 g/mol. The van der Waals surface area contributed by atoms with Crippen LogP contribution in [0.4, 0.5) is 4.39 Å². The van der Waals surface area contributed by atoms with E-state index in [-0.39, 0.29) is 16.9 Å². The van der Waals surface area contributed by atoms with Crippen molar-refractivity contribution in [1.82, 2.24) is 4.72 Å². The smallest absolute Gasteiger partial charge is 0.210 e. The molecule has 0 spiro atoms. The van der Waals surface area contributed by atoms with Crippen molar-refractivity contribution < 1.29 is 12.8 Å². The zero-order chi connectivity index (χ0) is 16.4. The normalized spacial score (nSPS) is 12.4. The van der Waals surface area contributed by atoms with Crippen molar-refractivity contribution in [3.8, 4) is 0 Å². The number of sulfonamides is 1. The Balaban J connectivity index is 2.17. The number of hydrogen-bond acceptors (Lipinski definition) is 2. The van der Waals surface area contributed by atoms with Gasteiger partial charge in [0, 0.05) is 12.0 Å². The van der Waals surface area contributed by atoms with E-state index in [1.165, 1.54) is 18.2 Å². The third kappa shape index (κ3) is 3.72. The molecule has 0 aliphatic heterocycles. The lowest BCUT2D eigenvalue weighted by molar-refractivity contribution is 0.501. The molecule has 0 bridgehead atoms. The van der Waals surface area contributed by atoms with Crippen LogP contribution in [0.15, 0.2) is 53.4 Å². The summed E-state index contributed by atoms with van der Waals surface area (Å²) in [6.07, 6.45) is 0. The van der Waals surface area contributed by atoms with Gasteiger partial charge in [-0.2, -0.15) is 0 Å². The lowest BCUT2D eigenvalue weighted by atomic mass is 9.85. The van der Waals surface area contributed by atoms with Crippen LogP contribution in [0.25, 0.3) is 0 Å². The van der Waals surface area contributed by atoms with Crippen LogP contribution in [-0.4, -0.2) is 15.0 Å². The Labute approximate surface area is 131 Å². The Bertz CT molecular complexity index is 755. The average Bonchev–Trinajstić information content (AvgIpc) is 2.49. The quantitative estimate of drug-likeness (QED) is 0.917. The molecule has 118 valence electrons. The highest BCUT2D eigenvalue weighted by molar-refractivity contribution is 7.89. The number of rotatable bonds is 5. The molecule has 0 unspecified atom stereocenters. The second kappa shape index (κ2) is 6.18. The molecule has 0 fully saturated rings. The molecule has 0 aromatic heterocycles. The van der Waals surface area contributed by atoms with Crippen LogP contribution in [0.1, 0.15) is 25.0 Å². The largest absolute Gasteiger partial charge is 0.240 e. The first kappa shape index (κ1) is 16.6. The van der Waals surface area contributed by atoms with Crippen LogP contribution in [0.3, 0.4) is 0 Å². The minimum atomic E-state index is -3.66. The van der Waals surface area contributed by atoms with Crippen molar-refractivity contribution in [1.29, 1.82) is 0 Å². The Hall–Kier alpha value is -1.72. The van der Waals surface area contributed by atoms with E-state index in [4.69, 9.17) is 0 Å². The van der Waals surface area contributed by atoms with E-state index >= 15 is 0 Å². The molecule has 0 saturated carbocycles. The second-order valence-electron chi connectivity index (χ2n) is 5.99. The van der Waals surface area contributed by atoms with Gasteiger partial charge in [-0.05, 0) is 36.2 Å². The van der Waals surface area contributed by atoms with Gasteiger partial charge in [-0.3, -0.25) is 0 Å². The highest BCUT2D eigenvalue weighted by atomic mass is 32.2. The Morgan fingerprint density at radius 2 is 1.73 bits per heavy atom. The summed E-state index contributed by atoms with van der Waals surface area (Å²) < 4.78 is 40.6. The molecule has 0 saturated heterocycles. The summed E-state index contributed by atoms with van der Waals surface area (Å²) in [7, 11) is -3.66. The highest BCUT2D eigenvalue weighted by Gasteiger charge is 2.24. The molecular formula is C17H20FNO2S. The van der Waals surface area contributed by atoms with Gasteiger partial charge in [-0.15, -0.1) is 0 Å². The summed E-state index contributed by atoms with van der Waals surface area (Å²) in [5, 5.41) is 0. The first-order chi connectivity index (χ1) is 10.2. The third-order valence-electron chi connectivity index (χ3n) is 3.70. The Morgan fingerprint density at radius 1 is 1.09 bits per heavy atom. The second-order valence-corrected chi connectivity index (χ2v) is 7.75. The van der Waals surface area contributed by atoms with E-state index in [1.54, 1.807) is 6.92 Å². The van der Waals surface area contributed by atoms with Gasteiger partial charge in [-0.25, -0.2) is 17.5 Å². The van der Waals surface area contributed by atoms with Gasteiger partial charge in [0.2, 0.25) is 10.0 Å². The number of halogens is 1. The SMILES string of the molecule is Cc1cc(S(=O)(=O)NCC(C)(C)c2ccccc2)ccc1F. The zero-order valence-corrected chi connectivity index (χ0v) is 13.7. The first-order valence-corrected chi connectivity index (χ1v) is 8.52. The molecule has 3 nitrogen and oxygen atoms in total. The summed E-state index contributed by atoms with van der Waals surface area (Å²) in [6, 6.07) is 13.5. The summed E-state index contributed by atoms with van der Waals surface area (Å²) >= 11 is 0. The molecule has 0 amide bonds. The van der Waals surface area contributed by atoms with E-state index in [0.717, 1.165) is 5.56 Å². The molecule has 2 aromatic rings. The van der Waals surface area contributed by atoms with Crippen LogP contribution < -0.4 is 4.72 Å². The number of nitrogens with one attached hydrogen (secondary N) is 1. The summed E-state index contributed by atoms with van der Waals surface area (Å²) in [5.41, 5.74) is 1.02. The maximum absolute atomic E-state index is 13.3. The molecule has 1 N–H and O–H groups in total. The fourth-order valence-electron chi connectivity index (χ4n) is 2.13. The molecule has 2 aromatic carbocycles. The predicted octanol–water partition coefficient (Wildman–Crippen LogP) is 3.39. The fraction of sp³-hybridized carbons (Fsp3) is 0.294. The van der Waals surface area contributed by atoms with Gasteiger partial charge < -0.3 is 0 Å². The molecule has 0 aliphatic carbocycles. The van der Waals surface area contributed by atoms with Crippen molar-refractivity contribution in [3.63, 3.8) is 0 Å². The molecule has 5 heteroatoms. The van der Waals surface area contributed by atoms with Gasteiger partial charge in [0.1, 0.15) is 5.82 Å². The maximum Gasteiger partial charge on any atom is 0.240 e.